The van der Waals surface area contributed by atoms with Gasteiger partial charge >= 0.3 is 0 Å². The molecule has 0 amide bonds. The van der Waals surface area contributed by atoms with Crippen LogP contribution in [0.4, 0.5) is 5.69 Å². The predicted octanol–water partition coefficient (Wildman–Crippen LogP) is 5.54. The van der Waals surface area contributed by atoms with E-state index in [-0.39, 0.29) is 5.69 Å². The number of hydrogen-bond donors (Lipinski definition) is 0. The van der Waals surface area contributed by atoms with Gasteiger partial charge in [0.05, 0.1) is 4.92 Å². The van der Waals surface area contributed by atoms with E-state index in [0.29, 0.717) is 34.7 Å². The fraction of sp³-hybridized carbons (Fsp3) is 0.0476. The number of aromatic nitrogens is 2. The Morgan fingerprint density at radius 3 is 2.41 bits per heavy atom. The summed E-state index contributed by atoms with van der Waals surface area (Å²) in [4.78, 5) is 14.7. The zero-order valence-electron chi connectivity index (χ0n) is 15.0. The highest BCUT2D eigenvalue weighted by atomic mass is 35.5. The molecule has 0 saturated heterocycles. The van der Waals surface area contributed by atoms with E-state index in [4.69, 9.17) is 20.9 Å². The molecule has 8 heteroatoms. The molecule has 29 heavy (non-hydrogen) atoms. The van der Waals surface area contributed by atoms with E-state index >= 15 is 0 Å². The minimum absolute atomic E-state index is 0.00745. The molecule has 0 aliphatic heterocycles. The van der Waals surface area contributed by atoms with Gasteiger partial charge in [-0.05, 0) is 48.0 Å². The summed E-state index contributed by atoms with van der Waals surface area (Å²) in [5.41, 5.74) is 2.38. The summed E-state index contributed by atoms with van der Waals surface area (Å²) in [5, 5.41) is 15.3. The van der Waals surface area contributed by atoms with Gasteiger partial charge in [0.25, 0.3) is 11.6 Å². The minimum atomic E-state index is -0.455. The lowest BCUT2D eigenvalue weighted by atomic mass is 10.1. The monoisotopic (exact) mass is 407 g/mol. The van der Waals surface area contributed by atoms with Gasteiger partial charge in [-0.25, -0.2) is 0 Å². The molecule has 4 rings (SSSR count). The fourth-order valence-corrected chi connectivity index (χ4v) is 2.84. The van der Waals surface area contributed by atoms with Crippen LogP contribution in [0.15, 0.2) is 77.3 Å². The van der Waals surface area contributed by atoms with Gasteiger partial charge in [0.1, 0.15) is 12.4 Å². The maximum Gasteiger partial charge on any atom is 0.269 e. The second-order valence-corrected chi connectivity index (χ2v) is 6.61. The Hall–Kier alpha value is -3.71. The Kier molecular flexibility index (Phi) is 5.22. The number of nitro benzene ring substituents is 1. The molecule has 1 aromatic heterocycles. The third kappa shape index (κ3) is 4.41. The zero-order chi connectivity index (χ0) is 20.2. The number of nitro groups is 1. The van der Waals surface area contributed by atoms with Gasteiger partial charge in [-0.3, -0.25) is 10.1 Å². The number of halogens is 1. The van der Waals surface area contributed by atoms with Gasteiger partial charge in [0, 0.05) is 28.3 Å². The molecule has 4 aromatic rings. The third-order valence-electron chi connectivity index (χ3n) is 4.16. The highest BCUT2D eigenvalue weighted by Gasteiger charge is 2.12. The first kappa shape index (κ1) is 18.6. The predicted molar refractivity (Wildman–Crippen MR) is 108 cm³/mol. The maximum absolute atomic E-state index is 10.7. The zero-order valence-corrected chi connectivity index (χ0v) is 15.7. The van der Waals surface area contributed by atoms with E-state index in [1.807, 2.05) is 36.4 Å². The lowest BCUT2D eigenvalue weighted by molar-refractivity contribution is -0.384. The smallest absolute Gasteiger partial charge is 0.269 e. The van der Waals surface area contributed by atoms with Crippen LogP contribution < -0.4 is 4.74 Å². The highest BCUT2D eigenvalue weighted by molar-refractivity contribution is 6.30. The molecule has 144 valence electrons. The minimum Gasteiger partial charge on any atom is -0.489 e. The molecule has 0 saturated carbocycles. The van der Waals surface area contributed by atoms with E-state index in [1.165, 1.54) is 12.1 Å². The standard InChI is InChI=1S/C21H14ClN3O4/c22-17-2-1-3-19(12-17)28-13-14-4-6-16(7-5-14)21-23-20(24-29-21)15-8-10-18(11-9-15)25(26)27/h1-12H,13H2. The Morgan fingerprint density at radius 2 is 1.72 bits per heavy atom. The van der Waals surface area contributed by atoms with Crippen LogP contribution in [0.25, 0.3) is 22.8 Å². The molecule has 7 nitrogen and oxygen atoms in total. The Bertz CT molecular complexity index is 1140. The quantitative estimate of drug-likeness (QED) is 0.307. The summed E-state index contributed by atoms with van der Waals surface area (Å²) < 4.78 is 11.0. The van der Waals surface area contributed by atoms with E-state index in [2.05, 4.69) is 10.1 Å². The second-order valence-electron chi connectivity index (χ2n) is 6.17. The molecule has 0 fully saturated rings. The molecule has 0 radical (unpaired) electrons. The van der Waals surface area contributed by atoms with Crippen LogP contribution in [-0.2, 0) is 6.61 Å². The number of rotatable bonds is 6. The summed E-state index contributed by atoms with van der Waals surface area (Å²) in [6, 6.07) is 20.8. The number of ether oxygens (including phenoxy) is 1. The van der Waals surface area contributed by atoms with E-state index in [1.54, 1.807) is 24.3 Å². The van der Waals surface area contributed by atoms with E-state index in [0.717, 1.165) is 11.1 Å². The summed E-state index contributed by atoms with van der Waals surface area (Å²) in [7, 11) is 0. The summed E-state index contributed by atoms with van der Waals surface area (Å²) in [6.07, 6.45) is 0. The van der Waals surface area contributed by atoms with Crippen molar-refractivity contribution in [2.75, 3.05) is 0 Å². The van der Waals surface area contributed by atoms with Crippen molar-refractivity contribution in [3.05, 3.63) is 93.5 Å². The van der Waals surface area contributed by atoms with Crippen molar-refractivity contribution in [1.29, 1.82) is 0 Å². The molecule has 0 atom stereocenters. The number of non-ortho nitro benzene ring substituents is 1. The maximum atomic E-state index is 10.7. The topological polar surface area (TPSA) is 91.3 Å². The third-order valence-corrected chi connectivity index (χ3v) is 4.40. The lowest BCUT2D eigenvalue weighted by Crippen LogP contribution is -1.95. The lowest BCUT2D eigenvalue weighted by Gasteiger charge is -2.06. The van der Waals surface area contributed by atoms with Crippen LogP contribution in [0.1, 0.15) is 5.56 Å². The number of nitrogens with zero attached hydrogens (tertiary/aromatic N) is 3. The van der Waals surface area contributed by atoms with E-state index in [9.17, 15) is 10.1 Å². The largest absolute Gasteiger partial charge is 0.489 e. The second kappa shape index (κ2) is 8.12. The van der Waals surface area contributed by atoms with Gasteiger partial charge < -0.3 is 9.26 Å². The molecule has 3 aromatic carbocycles. The number of hydrogen-bond acceptors (Lipinski definition) is 6. The van der Waals surface area contributed by atoms with Crippen molar-refractivity contribution in [3.8, 4) is 28.6 Å². The van der Waals surface area contributed by atoms with Crippen LogP contribution >= 0.6 is 11.6 Å². The molecule has 0 spiro atoms. The molecule has 0 N–H and O–H groups in total. The van der Waals surface area contributed by atoms with Gasteiger partial charge in [0.15, 0.2) is 0 Å². The summed E-state index contributed by atoms with van der Waals surface area (Å²) in [5.74, 6) is 1.43. The van der Waals surface area contributed by atoms with Crippen molar-refractivity contribution in [3.63, 3.8) is 0 Å². The molecule has 0 bridgehead atoms. The first-order valence-corrected chi connectivity index (χ1v) is 9.02. The van der Waals surface area contributed by atoms with Crippen molar-refractivity contribution in [1.82, 2.24) is 10.1 Å². The van der Waals surface area contributed by atoms with Gasteiger partial charge in [-0.15, -0.1) is 0 Å². The van der Waals surface area contributed by atoms with Gasteiger partial charge in [-0.1, -0.05) is 35.0 Å². The first-order valence-electron chi connectivity index (χ1n) is 8.65. The first-order chi connectivity index (χ1) is 14.1. The molecule has 0 aliphatic rings. The van der Waals surface area contributed by atoms with Crippen LogP contribution in [0, 0.1) is 10.1 Å². The average Bonchev–Trinajstić information content (AvgIpc) is 3.23. The molecule has 0 aliphatic carbocycles. The van der Waals surface area contributed by atoms with Crippen LogP contribution in [0.5, 0.6) is 5.75 Å². The van der Waals surface area contributed by atoms with Crippen molar-refractivity contribution < 1.29 is 14.2 Å². The molecule has 1 heterocycles. The van der Waals surface area contributed by atoms with Crippen LogP contribution in [0.2, 0.25) is 5.02 Å². The molecule has 0 unspecified atom stereocenters. The van der Waals surface area contributed by atoms with Crippen molar-refractivity contribution in [2.24, 2.45) is 0 Å². The summed E-state index contributed by atoms with van der Waals surface area (Å²) >= 11 is 5.95. The molecular formula is C21H14ClN3O4. The Labute approximate surface area is 170 Å². The SMILES string of the molecule is O=[N+]([O-])c1ccc(-c2noc(-c3ccc(COc4cccc(Cl)c4)cc3)n2)cc1. The van der Waals surface area contributed by atoms with Crippen molar-refractivity contribution in [2.45, 2.75) is 6.61 Å². The van der Waals surface area contributed by atoms with Crippen LogP contribution in [0.3, 0.4) is 0 Å². The van der Waals surface area contributed by atoms with Crippen molar-refractivity contribution >= 4 is 17.3 Å². The normalized spacial score (nSPS) is 10.7. The molecular weight excluding hydrogens is 394 g/mol. The Morgan fingerprint density at radius 1 is 1.00 bits per heavy atom. The van der Waals surface area contributed by atoms with Gasteiger partial charge in [-0.2, -0.15) is 4.98 Å². The Balaban J connectivity index is 1.44. The van der Waals surface area contributed by atoms with Crippen LogP contribution in [-0.4, -0.2) is 15.1 Å². The van der Waals surface area contributed by atoms with E-state index < -0.39 is 4.92 Å². The van der Waals surface area contributed by atoms with Gasteiger partial charge in [0.2, 0.25) is 5.82 Å². The fourth-order valence-electron chi connectivity index (χ4n) is 2.66. The average molecular weight is 408 g/mol. The summed E-state index contributed by atoms with van der Waals surface area (Å²) in [6.45, 7) is 0.401. The highest BCUT2D eigenvalue weighted by Crippen LogP contribution is 2.25. The number of benzene rings is 3.